The van der Waals surface area contributed by atoms with Gasteiger partial charge >= 0.3 is 0 Å². The van der Waals surface area contributed by atoms with Crippen molar-refractivity contribution >= 4 is 28.6 Å². The molecule has 0 spiro atoms. The molecule has 0 fully saturated rings. The van der Waals surface area contributed by atoms with Crippen LogP contribution >= 0.6 is 0 Å². The van der Waals surface area contributed by atoms with Crippen LogP contribution in [0.2, 0.25) is 0 Å². The molecule has 178 valence electrons. The first-order valence-corrected chi connectivity index (χ1v) is 11.4. The van der Waals surface area contributed by atoms with E-state index in [-0.39, 0.29) is 30.4 Å². The first-order valence-electron chi connectivity index (χ1n) is 11.4. The van der Waals surface area contributed by atoms with Gasteiger partial charge in [0.1, 0.15) is 17.0 Å². The molecule has 0 bridgehead atoms. The number of amides is 3. The van der Waals surface area contributed by atoms with Gasteiger partial charge in [0.2, 0.25) is 11.8 Å². The van der Waals surface area contributed by atoms with Crippen LogP contribution < -0.4 is 15.4 Å². The van der Waals surface area contributed by atoms with Crippen LogP contribution in [0.4, 0.5) is 0 Å². The first-order chi connectivity index (χ1) is 16.2. The minimum absolute atomic E-state index is 0.0948. The zero-order valence-electron chi connectivity index (χ0n) is 19.9. The Balaban J connectivity index is 1.36. The summed E-state index contributed by atoms with van der Waals surface area (Å²) in [5, 5.41) is 6.46. The maximum atomic E-state index is 13.1. The number of para-hydroxylation sites is 1. The lowest BCUT2D eigenvalue weighted by molar-refractivity contribution is -0.134. The van der Waals surface area contributed by atoms with Crippen molar-refractivity contribution in [1.29, 1.82) is 0 Å². The SMILES string of the molecule is CC(C)Oc1ccc(CNC(=O)CNC(=O)[C@]2(C)Cn3c(cc4ccccc43)C(=O)N2C)cc1. The number of ether oxygens (including phenoxy) is 1. The summed E-state index contributed by atoms with van der Waals surface area (Å²) in [6.07, 6.45) is 0.0948. The quantitative estimate of drug-likeness (QED) is 0.565. The third-order valence-corrected chi connectivity index (χ3v) is 6.22. The van der Waals surface area contributed by atoms with Crippen LogP contribution in [0, 0.1) is 0 Å². The van der Waals surface area contributed by atoms with Crippen LogP contribution in [0.25, 0.3) is 10.9 Å². The summed E-state index contributed by atoms with van der Waals surface area (Å²) in [5.41, 5.74) is 1.25. The summed E-state index contributed by atoms with van der Waals surface area (Å²) < 4.78 is 7.50. The molecule has 0 saturated carbocycles. The Hall–Kier alpha value is -3.81. The number of benzene rings is 2. The van der Waals surface area contributed by atoms with Crippen molar-refractivity contribution in [2.24, 2.45) is 0 Å². The van der Waals surface area contributed by atoms with Gasteiger partial charge in [-0.05, 0) is 50.6 Å². The average molecular weight is 463 g/mol. The fraction of sp³-hybridized carbons (Fsp3) is 0.346. The van der Waals surface area contributed by atoms with Gasteiger partial charge in [-0.25, -0.2) is 0 Å². The maximum absolute atomic E-state index is 13.1. The van der Waals surface area contributed by atoms with Crippen molar-refractivity contribution in [1.82, 2.24) is 20.1 Å². The second kappa shape index (κ2) is 9.21. The van der Waals surface area contributed by atoms with E-state index in [0.29, 0.717) is 18.8 Å². The van der Waals surface area contributed by atoms with Crippen molar-refractivity contribution < 1.29 is 19.1 Å². The second-order valence-electron chi connectivity index (χ2n) is 9.08. The van der Waals surface area contributed by atoms with Crippen molar-refractivity contribution in [3.63, 3.8) is 0 Å². The van der Waals surface area contributed by atoms with E-state index in [9.17, 15) is 14.4 Å². The van der Waals surface area contributed by atoms with Crippen molar-refractivity contribution in [3.05, 3.63) is 65.9 Å². The molecule has 4 rings (SSSR count). The number of aromatic nitrogens is 1. The highest BCUT2D eigenvalue weighted by Crippen LogP contribution is 2.31. The molecule has 0 aliphatic carbocycles. The Labute approximate surface area is 198 Å². The molecular formula is C26H30N4O4. The van der Waals surface area contributed by atoms with Gasteiger partial charge in [0.15, 0.2) is 0 Å². The molecular weight excluding hydrogens is 432 g/mol. The van der Waals surface area contributed by atoms with E-state index in [4.69, 9.17) is 4.74 Å². The zero-order valence-corrected chi connectivity index (χ0v) is 19.9. The van der Waals surface area contributed by atoms with Gasteiger partial charge < -0.3 is 24.8 Å². The predicted molar refractivity (Wildman–Crippen MR) is 129 cm³/mol. The monoisotopic (exact) mass is 462 g/mol. The zero-order chi connectivity index (χ0) is 24.5. The minimum atomic E-state index is -1.13. The van der Waals surface area contributed by atoms with Gasteiger partial charge in [-0.1, -0.05) is 30.3 Å². The van der Waals surface area contributed by atoms with E-state index in [2.05, 4.69) is 10.6 Å². The molecule has 0 radical (unpaired) electrons. The first kappa shape index (κ1) is 23.4. The number of fused-ring (bicyclic) bond motifs is 3. The Bertz CT molecular complexity index is 1230. The van der Waals surface area contributed by atoms with Crippen LogP contribution in [0.15, 0.2) is 54.6 Å². The Morgan fingerprint density at radius 1 is 1.09 bits per heavy atom. The molecule has 2 aromatic carbocycles. The predicted octanol–water partition coefficient (Wildman–Crippen LogP) is 2.71. The standard InChI is InChI=1S/C26H30N4O4/c1-17(2)34-20-11-9-18(10-12-20)14-27-23(31)15-28-25(33)26(3)16-30-21-8-6-5-7-19(21)13-22(30)24(32)29(26)4/h5-13,17H,14-16H2,1-4H3,(H,27,31)(H,28,33)/t26-/m0/s1. The van der Waals surface area contributed by atoms with Crippen LogP contribution in [-0.4, -0.2) is 52.4 Å². The van der Waals surface area contributed by atoms with Gasteiger partial charge in [-0.3, -0.25) is 14.4 Å². The van der Waals surface area contributed by atoms with Crippen LogP contribution in [0.1, 0.15) is 36.8 Å². The fourth-order valence-electron chi connectivity index (χ4n) is 4.16. The molecule has 3 aromatic rings. The average Bonchev–Trinajstić information content (AvgIpc) is 3.18. The molecule has 0 unspecified atom stereocenters. The molecule has 8 heteroatoms. The van der Waals surface area contributed by atoms with Crippen molar-refractivity contribution in [2.45, 2.75) is 45.5 Å². The summed E-state index contributed by atoms with van der Waals surface area (Å²) in [7, 11) is 1.62. The molecule has 2 heterocycles. The van der Waals surface area contributed by atoms with Crippen molar-refractivity contribution in [3.8, 4) is 5.75 Å². The van der Waals surface area contributed by atoms with Crippen molar-refractivity contribution in [2.75, 3.05) is 13.6 Å². The lowest BCUT2D eigenvalue weighted by Gasteiger charge is -2.41. The molecule has 34 heavy (non-hydrogen) atoms. The molecule has 1 atom stereocenters. The van der Waals surface area contributed by atoms with E-state index in [1.165, 1.54) is 4.90 Å². The third-order valence-electron chi connectivity index (χ3n) is 6.22. The molecule has 1 aliphatic heterocycles. The summed E-state index contributed by atoms with van der Waals surface area (Å²) in [6.45, 7) is 6.11. The largest absolute Gasteiger partial charge is 0.491 e. The Morgan fingerprint density at radius 3 is 2.50 bits per heavy atom. The molecule has 1 aromatic heterocycles. The summed E-state index contributed by atoms with van der Waals surface area (Å²) in [6, 6.07) is 17.1. The van der Waals surface area contributed by atoms with E-state index >= 15 is 0 Å². The highest BCUT2D eigenvalue weighted by Gasteiger charge is 2.45. The smallest absolute Gasteiger partial charge is 0.271 e. The van der Waals surface area contributed by atoms with E-state index < -0.39 is 5.54 Å². The molecule has 0 saturated heterocycles. The van der Waals surface area contributed by atoms with Gasteiger partial charge in [0.05, 0.1) is 19.2 Å². The van der Waals surface area contributed by atoms with Crippen LogP contribution in [-0.2, 0) is 22.7 Å². The molecule has 1 aliphatic rings. The van der Waals surface area contributed by atoms with E-state index in [0.717, 1.165) is 22.2 Å². The summed E-state index contributed by atoms with van der Waals surface area (Å²) >= 11 is 0. The Morgan fingerprint density at radius 2 is 1.79 bits per heavy atom. The second-order valence-corrected chi connectivity index (χ2v) is 9.08. The molecule has 8 nitrogen and oxygen atoms in total. The minimum Gasteiger partial charge on any atom is -0.491 e. The number of hydrogen-bond acceptors (Lipinski definition) is 4. The highest BCUT2D eigenvalue weighted by molar-refractivity contribution is 6.03. The summed E-state index contributed by atoms with van der Waals surface area (Å²) in [5.74, 6) is -0.140. The fourth-order valence-corrected chi connectivity index (χ4v) is 4.16. The third kappa shape index (κ3) is 4.48. The molecule has 3 amide bonds. The number of likely N-dealkylation sites (N-methyl/N-ethyl adjacent to an activating group) is 1. The lowest BCUT2D eigenvalue weighted by atomic mass is 9.95. The van der Waals surface area contributed by atoms with Crippen LogP contribution in [0.3, 0.4) is 0 Å². The van der Waals surface area contributed by atoms with Gasteiger partial charge in [-0.2, -0.15) is 0 Å². The number of nitrogens with zero attached hydrogens (tertiary/aromatic N) is 2. The number of rotatable bonds is 7. The van der Waals surface area contributed by atoms with Gasteiger partial charge in [0, 0.05) is 24.5 Å². The summed E-state index contributed by atoms with van der Waals surface area (Å²) in [4.78, 5) is 40.0. The number of carbonyl (C=O) groups is 3. The lowest BCUT2D eigenvalue weighted by Crippen LogP contribution is -2.63. The number of hydrogen-bond donors (Lipinski definition) is 2. The Kier molecular flexibility index (Phi) is 6.32. The highest BCUT2D eigenvalue weighted by atomic mass is 16.5. The topological polar surface area (TPSA) is 92.7 Å². The normalized spacial score (nSPS) is 17.6. The van der Waals surface area contributed by atoms with Crippen LogP contribution in [0.5, 0.6) is 5.75 Å². The maximum Gasteiger partial charge on any atom is 0.271 e. The van der Waals surface area contributed by atoms with Gasteiger partial charge in [0.25, 0.3) is 5.91 Å². The van der Waals surface area contributed by atoms with E-state index in [1.807, 2.05) is 73.0 Å². The number of carbonyl (C=O) groups excluding carboxylic acids is 3. The van der Waals surface area contributed by atoms with Gasteiger partial charge in [-0.15, -0.1) is 0 Å². The molecule has 2 N–H and O–H groups in total. The number of nitrogens with one attached hydrogen (secondary N) is 2. The van der Waals surface area contributed by atoms with E-state index in [1.54, 1.807) is 14.0 Å².